The molecule has 154 valence electrons. The van der Waals surface area contributed by atoms with Gasteiger partial charge in [0, 0.05) is 49.1 Å². The summed E-state index contributed by atoms with van der Waals surface area (Å²) in [5, 5.41) is 7.70. The highest BCUT2D eigenvalue weighted by molar-refractivity contribution is 6.30. The third-order valence-electron chi connectivity index (χ3n) is 6.09. The number of rotatable bonds is 5. The maximum atomic E-state index is 12.6. The van der Waals surface area contributed by atoms with Crippen molar-refractivity contribution in [2.45, 2.75) is 57.4 Å². The van der Waals surface area contributed by atoms with E-state index in [4.69, 9.17) is 11.6 Å². The zero-order chi connectivity index (χ0) is 20.1. The number of carbonyl (C=O) groups is 1. The minimum absolute atomic E-state index is 0.0532. The number of benzene rings is 1. The van der Waals surface area contributed by atoms with Gasteiger partial charge in [-0.2, -0.15) is 0 Å². The van der Waals surface area contributed by atoms with Crippen molar-refractivity contribution in [3.8, 4) is 0 Å². The Hall–Kier alpha value is -1.75. The molecule has 1 aliphatic heterocycles. The minimum atomic E-state index is -0.0532. The normalized spacial score (nSPS) is 21.2. The van der Waals surface area contributed by atoms with E-state index in [0.29, 0.717) is 5.91 Å². The molecular weight excluding hydrogens is 372 g/mol. The molecule has 0 bridgehead atoms. The standard InChI is InChI=1S/C22H33ClN4O/c1-22(2,17-8-10-18(23)11-9-17)15-25-21(24-3)26-19-12-13-27(14-19)20(28)16-6-4-5-7-16/h8-11,16,19H,4-7,12-15H2,1-3H3,(H2,24,25,26). The van der Waals surface area contributed by atoms with Crippen molar-refractivity contribution in [3.05, 3.63) is 34.9 Å². The molecule has 28 heavy (non-hydrogen) atoms. The molecule has 2 N–H and O–H groups in total. The van der Waals surface area contributed by atoms with Gasteiger partial charge in [0.2, 0.25) is 5.91 Å². The topological polar surface area (TPSA) is 56.7 Å². The van der Waals surface area contributed by atoms with Gasteiger partial charge in [-0.05, 0) is 37.0 Å². The largest absolute Gasteiger partial charge is 0.356 e. The zero-order valence-electron chi connectivity index (χ0n) is 17.3. The molecule has 1 unspecified atom stereocenters. The van der Waals surface area contributed by atoms with Crippen molar-refractivity contribution in [1.82, 2.24) is 15.5 Å². The number of hydrogen-bond acceptors (Lipinski definition) is 2. The summed E-state index contributed by atoms with van der Waals surface area (Å²) in [4.78, 5) is 19.0. The Bertz CT molecular complexity index is 695. The second-order valence-corrected chi connectivity index (χ2v) is 9.15. The Morgan fingerprint density at radius 2 is 1.89 bits per heavy atom. The maximum Gasteiger partial charge on any atom is 0.225 e. The molecule has 6 heteroatoms. The van der Waals surface area contributed by atoms with E-state index in [0.717, 1.165) is 49.9 Å². The highest BCUT2D eigenvalue weighted by Gasteiger charge is 2.32. The maximum absolute atomic E-state index is 12.6. The molecule has 1 amide bonds. The van der Waals surface area contributed by atoms with Crippen molar-refractivity contribution in [2.75, 3.05) is 26.7 Å². The van der Waals surface area contributed by atoms with Crippen LogP contribution in [0.4, 0.5) is 0 Å². The van der Waals surface area contributed by atoms with Crippen LogP contribution in [0.1, 0.15) is 51.5 Å². The van der Waals surface area contributed by atoms with Crippen molar-refractivity contribution in [1.29, 1.82) is 0 Å². The molecule has 5 nitrogen and oxygen atoms in total. The summed E-state index contributed by atoms with van der Waals surface area (Å²) in [6.07, 6.45) is 5.50. The lowest BCUT2D eigenvalue weighted by atomic mass is 9.85. The second-order valence-electron chi connectivity index (χ2n) is 8.71. The van der Waals surface area contributed by atoms with Crippen LogP contribution in [0.3, 0.4) is 0 Å². The first-order valence-corrected chi connectivity index (χ1v) is 10.8. The summed E-state index contributed by atoms with van der Waals surface area (Å²) >= 11 is 6.01. The molecule has 3 rings (SSSR count). The lowest BCUT2D eigenvalue weighted by molar-refractivity contribution is -0.134. The second kappa shape index (κ2) is 9.17. The highest BCUT2D eigenvalue weighted by Crippen LogP contribution is 2.28. The quantitative estimate of drug-likeness (QED) is 0.582. The van der Waals surface area contributed by atoms with Crippen LogP contribution in [0.15, 0.2) is 29.3 Å². The molecular formula is C22H33ClN4O. The summed E-state index contributed by atoms with van der Waals surface area (Å²) in [5.74, 6) is 1.41. The van der Waals surface area contributed by atoms with Crippen molar-refractivity contribution in [3.63, 3.8) is 0 Å². The van der Waals surface area contributed by atoms with Gasteiger partial charge in [0.05, 0.1) is 0 Å². The van der Waals surface area contributed by atoms with Gasteiger partial charge in [-0.1, -0.05) is 50.4 Å². The van der Waals surface area contributed by atoms with Crippen LogP contribution < -0.4 is 10.6 Å². The van der Waals surface area contributed by atoms with Crippen LogP contribution in [0, 0.1) is 5.92 Å². The summed E-state index contributed by atoms with van der Waals surface area (Å²) in [6.45, 7) is 6.78. The molecule has 1 saturated carbocycles. The molecule has 1 aliphatic carbocycles. The highest BCUT2D eigenvalue weighted by atomic mass is 35.5. The van der Waals surface area contributed by atoms with E-state index >= 15 is 0 Å². The fraction of sp³-hybridized carbons (Fsp3) is 0.636. The van der Waals surface area contributed by atoms with Crippen LogP contribution >= 0.6 is 11.6 Å². The number of nitrogens with zero attached hydrogens (tertiary/aromatic N) is 2. The van der Waals surface area contributed by atoms with Crippen molar-refractivity contribution >= 4 is 23.5 Å². The van der Waals surface area contributed by atoms with E-state index in [-0.39, 0.29) is 17.4 Å². The zero-order valence-corrected chi connectivity index (χ0v) is 18.1. The van der Waals surface area contributed by atoms with Gasteiger partial charge >= 0.3 is 0 Å². The third-order valence-corrected chi connectivity index (χ3v) is 6.34. The molecule has 0 radical (unpaired) electrons. The molecule has 2 aliphatic rings. The number of hydrogen-bond donors (Lipinski definition) is 2. The van der Waals surface area contributed by atoms with E-state index in [1.54, 1.807) is 7.05 Å². The number of aliphatic imine (C=N–C) groups is 1. The summed E-state index contributed by atoms with van der Waals surface area (Å²) in [5.41, 5.74) is 1.18. The molecule has 1 aromatic rings. The average molecular weight is 405 g/mol. The van der Waals surface area contributed by atoms with Crippen molar-refractivity contribution in [2.24, 2.45) is 10.9 Å². The Balaban J connectivity index is 1.49. The predicted molar refractivity (Wildman–Crippen MR) is 116 cm³/mol. The molecule has 1 aromatic carbocycles. The van der Waals surface area contributed by atoms with Crippen LogP contribution in [-0.4, -0.2) is 49.5 Å². The van der Waals surface area contributed by atoms with E-state index in [2.05, 4.69) is 41.6 Å². The smallest absolute Gasteiger partial charge is 0.225 e. The molecule has 1 atom stereocenters. The van der Waals surface area contributed by atoms with Gasteiger partial charge < -0.3 is 15.5 Å². The molecule has 2 fully saturated rings. The number of likely N-dealkylation sites (tertiary alicyclic amines) is 1. The molecule has 0 aromatic heterocycles. The van der Waals surface area contributed by atoms with Gasteiger partial charge in [-0.3, -0.25) is 9.79 Å². The average Bonchev–Trinajstić information content (AvgIpc) is 3.37. The number of carbonyl (C=O) groups excluding carboxylic acids is 1. The Morgan fingerprint density at radius 1 is 1.21 bits per heavy atom. The lowest BCUT2D eigenvalue weighted by Crippen LogP contribution is -2.48. The van der Waals surface area contributed by atoms with E-state index in [1.165, 1.54) is 18.4 Å². The Kier molecular flexibility index (Phi) is 6.86. The lowest BCUT2D eigenvalue weighted by Gasteiger charge is -2.27. The fourth-order valence-corrected chi connectivity index (χ4v) is 4.33. The summed E-state index contributed by atoms with van der Waals surface area (Å²) in [7, 11) is 1.79. The minimum Gasteiger partial charge on any atom is -0.356 e. The summed E-state index contributed by atoms with van der Waals surface area (Å²) < 4.78 is 0. The van der Waals surface area contributed by atoms with Gasteiger partial charge in [0.25, 0.3) is 0 Å². The number of halogens is 1. The van der Waals surface area contributed by atoms with Gasteiger partial charge in [-0.25, -0.2) is 0 Å². The van der Waals surface area contributed by atoms with Crippen LogP contribution in [0.2, 0.25) is 5.02 Å². The molecule has 1 saturated heterocycles. The van der Waals surface area contributed by atoms with Crippen LogP contribution in [-0.2, 0) is 10.2 Å². The van der Waals surface area contributed by atoms with Gasteiger partial charge in [0.15, 0.2) is 5.96 Å². The Labute approximate surface area is 173 Å². The first-order chi connectivity index (χ1) is 13.4. The number of nitrogens with one attached hydrogen (secondary N) is 2. The summed E-state index contributed by atoms with van der Waals surface area (Å²) in [6, 6.07) is 8.27. The third kappa shape index (κ3) is 5.19. The van der Waals surface area contributed by atoms with E-state index < -0.39 is 0 Å². The SMILES string of the molecule is CN=C(NCC(C)(C)c1ccc(Cl)cc1)NC1CCN(C(=O)C2CCCC2)C1. The monoisotopic (exact) mass is 404 g/mol. The first-order valence-electron chi connectivity index (χ1n) is 10.4. The number of amides is 1. The number of guanidine groups is 1. The van der Waals surface area contributed by atoms with E-state index in [9.17, 15) is 4.79 Å². The van der Waals surface area contributed by atoms with E-state index in [1.807, 2.05) is 17.0 Å². The first kappa shape index (κ1) is 21.0. The van der Waals surface area contributed by atoms with Gasteiger partial charge in [0.1, 0.15) is 0 Å². The van der Waals surface area contributed by atoms with Crippen molar-refractivity contribution < 1.29 is 4.79 Å². The molecule has 1 heterocycles. The molecule has 0 spiro atoms. The van der Waals surface area contributed by atoms with Crippen LogP contribution in [0.25, 0.3) is 0 Å². The Morgan fingerprint density at radius 3 is 2.54 bits per heavy atom. The predicted octanol–water partition coefficient (Wildman–Crippen LogP) is 3.57. The fourth-order valence-electron chi connectivity index (χ4n) is 4.21. The van der Waals surface area contributed by atoms with Gasteiger partial charge in [-0.15, -0.1) is 0 Å². The van der Waals surface area contributed by atoms with Crippen LogP contribution in [0.5, 0.6) is 0 Å².